The monoisotopic (exact) mass is 455 g/mol. The van der Waals surface area contributed by atoms with E-state index in [1.807, 2.05) is 61.5 Å². The molecule has 0 aliphatic rings. The summed E-state index contributed by atoms with van der Waals surface area (Å²) in [7, 11) is 0. The number of carbonyl (C=O) groups is 1. The Labute approximate surface area is 178 Å². The maximum atomic E-state index is 12.6. The number of carbonyl (C=O) groups excluding carboxylic acids is 1. The zero-order valence-corrected chi connectivity index (χ0v) is 17.6. The SMILES string of the molecule is CCOc1ccccc1NC(=O)c1ccc(OCCOc2ccccc2)c(Br)c1. The van der Waals surface area contributed by atoms with Crippen LogP contribution in [-0.2, 0) is 0 Å². The van der Waals surface area contributed by atoms with Gasteiger partial charge in [0.25, 0.3) is 5.91 Å². The van der Waals surface area contributed by atoms with Crippen molar-refractivity contribution in [2.75, 3.05) is 25.1 Å². The number of ether oxygens (including phenoxy) is 3. The van der Waals surface area contributed by atoms with Gasteiger partial charge in [-0.15, -0.1) is 0 Å². The fourth-order valence-corrected chi connectivity index (χ4v) is 3.13. The van der Waals surface area contributed by atoms with E-state index in [2.05, 4.69) is 21.2 Å². The van der Waals surface area contributed by atoms with Crippen LogP contribution in [0.3, 0.4) is 0 Å². The maximum Gasteiger partial charge on any atom is 0.255 e. The second-order valence-electron chi connectivity index (χ2n) is 6.04. The number of anilines is 1. The number of hydrogen-bond acceptors (Lipinski definition) is 4. The largest absolute Gasteiger partial charge is 0.492 e. The lowest BCUT2D eigenvalue weighted by molar-refractivity contribution is 0.102. The molecule has 6 heteroatoms. The average molecular weight is 456 g/mol. The molecule has 3 aromatic rings. The molecule has 0 aromatic heterocycles. The molecule has 0 aliphatic heterocycles. The third-order valence-corrected chi connectivity index (χ3v) is 4.60. The molecule has 29 heavy (non-hydrogen) atoms. The second-order valence-corrected chi connectivity index (χ2v) is 6.89. The van der Waals surface area contributed by atoms with Crippen molar-refractivity contribution in [3.8, 4) is 17.2 Å². The first kappa shape index (κ1) is 20.7. The minimum absolute atomic E-state index is 0.225. The fraction of sp³-hybridized carbons (Fsp3) is 0.174. The lowest BCUT2D eigenvalue weighted by atomic mass is 10.2. The van der Waals surface area contributed by atoms with Gasteiger partial charge in [0.05, 0.1) is 16.8 Å². The van der Waals surface area contributed by atoms with Crippen molar-refractivity contribution < 1.29 is 19.0 Å². The molecule has 3 rings (SSSR count). The van der Waals surface area contributed by atoms with Crippen LogP contribution in [0, 0.1) is 0 Å². The van der Waals surface area contributed by atoms with Gasteiger partial charge in [-0.2, -0.15) is 0 Å². The molecule has 0 unspecified atom stereocenters. The molecule has 0 saturated heterocycles. The van der Waals surface area contributed by atoms with E-state index in [0.29, 0.717) is 47.0 Å². The Bertz CT molecular complexity index is 947. The van der Waals surface area contributed by atoms with E-state index in [1.165, 1.54) is 0 Å². The summed E-state index contributed by atoms with van der Waals surface area (Å²) in [6.07, 6.45) is 0. The predicted octanol–water partition coefficient (Wildman–Crippen LogP) is 5.56. The van der Waals surface area contributed by atoms with Gasteiger partial charge in [0.1, 0.15) is 30.5 Å². The standard InChI is InChI=1S/C23H22BrNO4/c1-2-27-22-11-7-6-10-20(22)25-23(26)17-12-13-21(19(24)16-17)29-15-14-28-18-8-4-3-5-9-18/h3-13,16H,2,14-15H2,1H3,(H,25,26). The van der Waals surface area contributed by atoms with Crippen LogP contribution >= 0.6 is 15.9 Å². The number of nitrogens with one attached hydrogen (secondary N) is 1. The number of benzene rings is 3. The summed E-state index contributed by atoms with van der Waals surface area (Å²) < 4.78 is 17.6. The summed E-state index contributed by atoms with van der Waals surface area (Å²) in [6.45, 7) is 3.24. The number of hydrogen-bond donors (Lipinski definition) is 1. The Morgan fingerprint density at radius 1 is 0.862 bits per heavy atom. The molecule has 1 amide bonds. The van der Waals surface area contributed by atoms with Gasteiger partial charge in [-0.1, -0.05) is 30.3 Å². The molecule has 5 nitrogen and oxygen atoms in total. The van der Waals surface area contributed by atoms with E-state index in [-0.39, 0.29) is 5.91 Å². The van der Waals surface area contributed by atoms with Crippen LogP contribution in [-0.4, -0.2) is 25.7 Å². The summed E-state index contributed by atoms with van der Waals surface area (Å²) in [5.74, 6) is 1.86. The summed E-state index contributed by atoms with van der Waals surface area (Å²) in [5.41, 5.74) is 1.14. The first-order chi connectivity index (χ1) is 14.2. The highest BCUT2D eigenvalue weighted by Crippen LogP contribution is 2.28. The molecule has 0 fully saturated rings. The topological polar surface area (TPSA) is 56.8 Å². The van der Waals surface area contributed by atoms with E-state index >= 15 is 0 Å². The number of rotatable bonds is 9. The molecular weight excluding hydrogens is 434 g/mol. The lowest BCUT2D eigenvalue weighted by Gasteiger charge is -2.13. The zero-order valence-electron chi connectivity index (χ0n) is 16.1. The highest BCUT2D eigenvalue weighted by molar-refractivity contribution is 9.10. The highest BCUT2D eigenvalue weighted by Gasteiger charge is 2.12. The lowest BCUT2D eigenvalue weighted by Crippen LogP contribution is -2.13. The van der Waals surface area contributed by atoms with Gasteiger partial charge in [-0.05, 0) is 65.3 Å². The van der Waals surface area contributed by atoms with E-state index in [1.54, 1.807) is 18.2 Å². The number of halogens is 1. The van der Waals surface area contributed by atoms with Gasteiger partial charge >= 0.3 is 0 Å². The molecular formula is C23H22BrNO4. The zero-order chi connectivity index (χ0) is 20.5. The first-order valence-electron chi connectivity index (χ1n) is 9.30. The maximum absolute atomic E-state index is 12.6. The van der Waals surface area contributed by atoms with Crippen molar-refractivity contribution >= 4 is 27.5 Å². The van der Waals surface area contributed by atoms with Crippen molar-refractivity contribution in [3.05, 3.63) is 82.8 Å². The third-order valence-electron chi connectivity index (χ3n) is 3.98. The molecule has 0 atom stereocenters. The molecule has 0 spiro atoms. The number of para-hydroxylation sites is 3. The molecule has 0 heterocycles. The second kappa shape index (κ2) is 10.5. The molecule has 0 saturated carbocycles. The van der Waals surface area contributed by atoms with Crippen LogP contribution in [0.2, 0.25) is 0 Å². The van der Waals surface area contributed by atoms with Crippen LogP contribution in [0.4, 0.5) is 5.69 Å². The van der Waals surface area contributed by atoms with Crippen LogP contribution < -0.4 is 19.5 Å². The molecule has 3 aromatic carbocycles. The van der Waals surface area contributed by atoms with E-state index in [4.69, 9.17) is 14.2 Å². The van der Waals surface area contributed by atoms with Crippen LogP contribution in [0.15, 0.2) is 77.3 Å². The highest BCUT2D eigenvalue weighted by atomic mass is 79.9. The van der Waals surface area contributed by atoms with Gasteiger partial charge in [-0.25, -0.2) is 0 Å². The molecule has 1 N–H and O–H groups in total. The molecule has 0 aliphatic carbocycles. The predicted molar refractivity (Wildman–Crippen MR) is 117 cm³/mol. The first-order valence-corrected chi connectivity index (χ1v) is 10.1. The smallest absolute Gasteiger partial charge is 0.255 e. The summed E-state index contributed by atoms with van der Waals surface area (Å²) in [5, 5.41) is 2.88. The minimum atomic E-state index is -0.225. The quantitative estimate of drug-likeness (QED) is 0.429. The summed E-state index contributed by atoms with van der Waals surface area (Å²) in [6, 6.07) is 22.1. The molecule has 0 radical (unpaired) electrons. The molecule has 0 bridgehead atoms. The van der Waals surface area contributed by atoms with Crippen molar-refractivity contribution in [2.24, 2.45) is 0 Å². The Morgan fingerprint density at radius 3 is 2.34 bits per heavy atom. The Balaban J connectivity index is 1.56. The Morgan fingerprint density at radius 2 is 1.59 bits per heavy atom. The van der Waals surface area contributed by atoms with Crippen LogP contribution in [0.25, 0.3) is 0 Å². The third kappa shape index (κ3) is 5.99. The van der Waals surface area contributed by atoms with E-state index in [0.717, 1.165) is 5.75 Å². The van der Waals surface area contributed by atoms with Crippen molar-refractivity contribution in [1.29, 1.82) is 0 Å². The van der Waals surface area contributed by atoms with Gasteiger partial charge in [0.2, 0.25) is 0 Å². The van der Waals surface area contributed by atoms with Crippen molar-refractivity contribution in [2.45, 2.75) is 6.92 Å². The summed E-state index contributed by atoms with van der Waals surface area (Å²) in [4.78, 5) is 12.6. The van der Waals surface area contributed by atoms with E-state index < -0.39 is 0 Å². The van der Waals surface area contributed by atoms with Crippen LogP contribution in [0.1, 0.15) is 17.3 Å². The van der Waals surface area contributed by atoms with Gasteiger partial charge in [-0.3, -0.25) is 4.79 Å². The van der Waals surface area contributed by atoms with E-state index in [9.17, 15) is 4.79 Å². The Kier molecular flexibility index (Phi) is 7.53. The summed E-state index contributed by atoms with van der Waals surface area (Å²) >= 11 is 3.47. The van der Waals surface area contributed by atoms with Gasteiger partial charge < -0.3 is 19.5 Å². The molecule has 150 valence electrons. The van der Waals surface area contributed by atoms with Gasteiger partial charge in [0, 0.05) is 5.56 Å². The average Bonchev–Trinajstić information content (AvgIpc) is 2.74. The van der Waals surface area contributed by atoms with Crippen molar-refractivity contribution in [1.82, 2.24) is 0 Å². The van der Waals surface area contributed by atoms with Gasteiger partial charge in [0.15, 0.2) is 0 Å². The normalized spacial score (nSPS) is 10.3. The van der Waals surface area contributed by atoms with Crippen molar-refractivity contribution in [3.63, 3.8) is 0 Å². The minimum Gasteiger partial charge on any atom is -0.492 e. The number of amides is 1. The fourth-order valence-electron chi connectivity index (χ4n) is 2.63. The van der Waals surface area contributed by atoms with Crippen LogP contribution in [0.5, 0.6) is 17.2 Å². The Hall–Kier alpha value is -2.99.